The summed E-state index contributed by atoms with van der Waals surface area (Å²) in [7, 11) is 0. The van der Waals surface area contributed by atoms with E-state index < -0.39 is 23.5 Å². The number of carboxylic acid groups (broad SMARTS) is 3. The van der Waals surface area contributed by atoms with E-state index in [1.807, 2.05) is 0 Å². The number of amides is 6. The number of carbonyl (C=O) groups is 9. The minimum atomic E-state index is -1.04. The fraction of sp³-hybridized carbons (Fsp3) is 0.859. The standard InChI is InChI=1S/C64H118N6O24/c1-64(94-37-25-60(76)70-31-40-88-46-52-91-49-43-85-34-22-57(73)67-28-16-10-4-7-13-19-63(81)82,53-92-35-23-58(74)68-29-38-86-44-50-89-47-41-83-32-20-55(71)65-26-14-8-2-5-11-17-61(77)78)54-93-36-24-59(75)69-30-39-87-45-51-90-48-42-84-33-21-56(72)66-27-15-9-3-6-12-18-62(79)80/h2-54H2,1H3,(H,65,71)(H,66,72)(H,67,73)(H,68,74)(H,69,75)(H,70,76)(H,77,78)(H,79,80)(H,81,82). The average Bonchev–Trinajstić information content (AvgIpc) is 2.13. The zero-order valence-electron chi connectivity index (χ0n) is 56.4. The lowest BCUT2D eigenvalue weighted by Crippen LogP contribution is -2.41. The maximum Gasteiger partial charge on any atom is 0.303 e. The van der Waals surface area contributed by atoms with Gasteiger partial charge in [0.1, 0.15) is 5.60 Å². The second kappa shape index (κ2) is 67.7. The lowest BCUT2D eigenvalue weighted by molar-refractivity contribution is -0.140. The van der Waals surface area contributed by atoms with Gasteiger partial charge in [-0.15, -0.1) is 0 Å². The molecule has 9 N–H and O–H groups in total. The summed E-state index contributed by atoms with van der Waals surface area (Å²) in [5.74, 6) is -3.34. The van der Waals surface area contributed by atoms with E-state index in [9.17, 15) is 43.2 Å². The molecule has 30 nitrogen and oxygen atoms in total. The van der Waals surface area contributed by atoms with Crippen LogP contribution >= 0.6 is 0 Å². The number of unbranched alkanes of at least 4 members (excludes halogenated alkanes) is 12. The predicted octanol–water partition coefficient (Wildman–Crippen LogP) is 3.26. The van der Waals surface area contributed by atoms with Crippen LogP contribution in [0.25, 0.3) is 0 Å². The van der Waals surface area contributed by atoms with Crippen LogP contribution in [-0.2, 0) is 100.0 Å². The third kappa shape index (κ3) is 69.6. The van der Waals surface area contributed by atoms with Gasteiger partial charge < -0.3 is 104 Å². The Morgan fingerprint density at radius 3 is 0.702 bits per heavy atom. The van der Waals surface area contributed by atoms with Gasteiger partial charge in [0, 0.05) is 97.1 Å². The summed E-state index contributed by atoms with van der Waals surface area (Å²) in [5.41, 5.74) is -1.04. The molecule has 0 fully saturated rings. The fourth-order valence-corrected chi connectivity index (χ4v) is 8.34. The Morgan fingerprint density at radius 1 is 0.234 bits per heavy atom. The summed E-state index contributed by atoms with van der Waals surface area (Å²) in [6.45, 7) is 10.1. The quantitative estimate of drug-likeness (QED) is 0.0395. The van der Waals surface area contributed by atoms with E-state index in [0.717, 1.165) is 77.0 Å². The van der Waals surface area contributed by atoms with Gasteiger partial charge in [0.2, 0.25) is 35.4 Å². The van der Waals surface area contributed by atoms with Gasteiger partial charge in [-0.3, -0.25) is 43.2 Å². The van der Waals surface area contributed by atoms with Crippen molar-refractivity contribution < 1.29 is 115 Å². The molecule has 94 heavy (non-hydrogen) atoms. The number of nitrogens with one attached hydrogen (secondary N) is 6. The molecule has 0 aliphatic heterocycles. The molecule has 6 amide bonds. The number of hydrogen-bond donors (Lipinski definition) is 9. The highest BCUT2D eigenvalue weighted by atomic mass is 16.6. The highest BCUT2D eigenvalue weighted by Crippen LogP contribution is 2.14. The van der Waals surface area contributed by atoms with E-state index in [4.69, 9.17) is 72.2 Å². The van der Waals surface area contributed by atoms with Gasteiger partial charge in [0.25, 0.3) is 0 Å². The molecule has 0 atom stereocenters. The topological polar surface area (TPSA) is 397 Å². The summed E-state index contributed by atoms with van der Waals surface area (Å²) < 4.78 is 67.4. The number of carbonyl (C=O) groups excluding carboxylic acids is 6. The molecule has 0 radical (unpaired) electrons. The van der Waals surface area contributed by atoms with Crippen LogP contribution in [0, 0.1) is 0 Å². The smallest absolute Gasteiger partial charge is 0.303 e. The fourth-order valence-electron chi connectivity index (χ4n) is 8.34. The van der Waals surface area contributed by atoms with Crippen LogP contribution in [0.3, 0.4) is 0 Å². The lowest BCUT2D eigenvalue weighted by Gasteiger charge is -2.29. The first-order valence-corrected chi connectivity index (χ1v) is 33.9. The van der Waals surface area contributed by atoms with Crippen LogP contribution in [0.4, 0.5) is 0 Å². The van der Waals surface area contributed by atoms with Gasteiger partial charge in [-0.05, 0) is 45.4 Å². The Kier molecular flexibility index (Phi) is 63.9. The number of ether oxygens (including phenoxy) is 12. The SMILES string of the molecule is CC(COCCC(=O)NCCOCCOCCOCCC(=O)NCCCCCCCC(=O)O)(COCCC(=O)NCCOCCOCCOCCC(=O)NCCCCCCCC(=O)O)OCCC(=O)NCCOCCOCCOCCC(=O)NCCCCCCCC(=O)O. The molecule has 0 aliphatic rings. The molecule has 0 unspecified atom stereocenters. The maximum absolute atomic E-state index is 12.7. The third-order valence-corrected chi connectivity index (χ3v) is 13.6. The summed E-state index contributed by atoms with van der Waals surface area (Å²) in [5, 5.41) is 43.0. The van der Waals surface area contributed by atoms with Gasteiger partial charge in [0.05, 0.1) is 152 Å². The minimum Gasteiger partial charge on any atom is -0.481 e. The van der Waals surface area contributed by atoms with Crippen molar-refractivity contribution in [2.45, 2.75) is 167 Å². The van der Waals surface area contributed by atoms with Crippen molar-refractivity contribution in [1.82, 2.24) is 31.9 Å². The number of aliphatic carboxylic acids is 3. The number of carboxylic acids is 3. The molecule has 0 aromatic carbocycles. The van der Waals surface area contributed by atoms with Crippen LogP contribution in [-0.4, -0.2) is 265 Å². The van der Waals surface area contributed by atoms with Crippen molar-refractivity contribution >= 4 is 53.4 Å². The van der Waals surface area contributed by atoms with Gasteiger partial charge in [-0.25, -0.2) is 0 Å². The molecule has 0 aliphatic carbocycles. The van der Waals surface area contributed by atoms with E-state index in [0.29, 0.717) is 118 Å². The third-order valence-electron chi connectivity index (χ3n) is 13.6. The van der Waals surface area contributed by atoms with Crippen molar-refractivity contribution in [3.05, 3.63) is 0 Å². The minimum absolute atomic E-state index is 0.0227. The number of rotatable bonds is 74. The molecule has 0 aromatic rings. The normalized spacial score (nSPS) is 11.3. The van der Waals surface area contributed by atoms with E-state index in [-0.39, 0.29) is 186 Å². The van der Waals surface area contributed by atoms with Gasteiger partial charge in [0.15, 0.2) is 0 Å². The summed E-state index contributed by atoms with van der Waals surface area (Å²) in [4.78, 5) is 105. The van der Waals surface area contributed by atoms with E-state index >= 15 is 0 Å². The van der Waals surface area contributed by atoms with Crippen LogP contribution in [0.15, 0.2) is 0 Å². The van der Waals surface area contributed by atoms with Crippen LogP contribution in [0.1, 0.15) is 161 Å². The maximum atomic E-state index is 12.7. The molecule has 30 heteroatoms. The molecular weight excluding hydrogens is 1240 g/mol. The lowest BCUT2D eigenvalue weighted by atomic mass is 10.1. The van der Waals surface area contributed by atoms with Gasteiger partial charge in [-0.2, -0.15) is 0 Å². The molecule has 0 bridgehead atoms. The molecular formula is C64H118N6O24. The Bertz CT molecular complexity index is 1830. The Morgan fingerprint density at radius 2 is 0.436 bits per heavy atom. The molecule has 0 aromatic heterocycles. The van der Waals surface area contributed by atoms with Crippen molar-refractivity contribution in [3.8, 4) is 0 Å². The van der Waals surface area contributed by atoms with Crippen molar-refractivity contribution in [1.29, 1.82) is 0 Å². The monoisotopic (exact) mass is 1350 g/mol. The van der Waals surface area contributed by atoms with E-state index in [1.54, 1.807) is 6.92 Å². The van der Waals surface area contributed by atoms with Crippen molar-refractivity contribution in [2.75, 3.05) is 191 Å². The van der Waals surface area contributed by atoms with Crippen LogP contribution in [0.5, 0.6) is 0 Å². The molecule has 0 saturated carbocycles. The largest absolute Gasteiger partial charge is 0.481 e. The molecule has 0 heterocycles. The Hall–Kier alpha value is -5.25. The first-order valence-electron chi connectivity index (χ1n) is 33.9. The first kappa shape index (κ1) is 88.8. The van der Waals surface area contributed by atoms with Gasteiger partial charge >= 0.3 is 17.9 Å². The summed E-state index contributed by atoms with van der Waals surface area (Å²) in [6, 6.07) is 0. The molecule has 548 valence electrons. The zero-order chi connectivity index (χ0) is 68.9. The Labute approximate surface area is 556 Å². The molecule has 0 saturated heterocycles. The summed E-state index contributed by atoms with van der Waals surface area (Å²) >= 11 is 0. The van der Waals surface area contributed by atoms with Crippen molar-refractivity contribution in [3.63, 3.8) is 0 Å². The number of hydrogen-bond acceptors (Lipinski definition) is 21. The highest BCUT2D eigenvalue weighted by molar-refractivity contribution is 5.77. The predicted molar refractivity (Wildman–Crippen MR) is 345 cm³/mol. The van der Waals surface area contributed by atoms with E-state index in [1.165, 1.54) is 0 Å². The van der Waals surface area contributed by atoms with E-state index in [2.05, 4.69) is 31.9 Å². The summed E-state index contributed by atoms with van der Waals surface area (Å²) in [6.07, 6.45) is 14.3. The Balaban J connectivity index is 4.44. The average molecular weight is 1360 g/mol. The zero-order valence-corrected chi connectivity index (χ0v) is 56.4. The second-order valence-corrected chi connectivity index (χ2v) is 22.2. The van der Waals surface area contributed by atoms with Gasteiger partial charge in [-0.1, -0.05) is 57.8 Å². The first-order chi connectivity index (χ1) is 45.6. The van der Waals surface area contributed by atoms with Crippen LogP contribution in [0.2, 0.25) is 0 Å². The molecule has 0 spiro atoms. The van der Waals surface area contributed by atoms with Crippen molar-refractivity contribution in [2.24, 2.45) is 0 Å². The second-order valence-electron chi connectivity index (χ2n) is 22.2. The molecule has 0 rings (SSSR count). The highest BCUT2D eigenvalue weighted by Gasteiger charge is 2.27. The van der Waals surface area contributed by atoms with Crippen LogP contribution < -0.4 is 31.9 Å².